The number of aromatic nitrogens is 2. The number of halogens is 4. The third-order valence-electron chi connectivity index (χ3n) is 12.0. The van der Waals surface area contributed by atoms with Gasteiger partial charge in [-0.2, -0.15) is 0 Å². The molecule has 2 N–H and O–H groups in total. The summed E-state index contributed by atoms with van der Waals surface area (Å²) in [7, 11) is 0. The van der Waals surface area contributed by atoms with Gasteiger partial charge in [0.15, 0.2) is 5.82 Å². The van der Waals surface area contributed by atoms with E-state index in [2.05, 4.69) is 30.4 Å². The van der Waals surface area contributed by atoms with E-state index in [9.17, 15) is 14.4 Å². The molecule has 4 aromatic rings. The highest BCUT2D eigenvalue weighted by Crippen LogP contribution is 2.43. The summed E-state index contributed by atoms with van der Waals surface area (Å²) in [5, 5.41) is 6.14. The van der Waals surface area contributed by atoms with Crippen molar-refractivity contribution >= 4 is 46.0 Å². The number of benzene rings is 3. The van der Waals surface area contributed by atoms with Gasteiger partial charge in [-0.1, -0.05) is 43.0 Å². The Morgan fingerprint density at radius 3 is 2.43 bits per heavy atom. The van der Waals surface area contributed by atoms with Crippen LogP contribution in [0.5, 0.6) is 5.75 Å². The molecule has 58 heavy (non-hydrogen) atoms. The molecule has 306 valence electrons. The second-order valence-corrected chi connectivity index (χ2v) is 16.1. The predicted octanol–water partition coefficient (Wildman–Crippen LogP) is 6.75. The topological polar surface area (TPSA) is 120 Å². The first kappa shape index (κ1) is 40.0. The number of anilines is 1. The minimum Gasteiger partial charge on any atom is -0.493 e. The molecule has 11 nitrogen and oxygen atoms in total. The summed E-state index contributed by atoms with van der Waals surface area (Å²) in [4.78, 5) is 51.7. The molecule has 15 heteroatoms. The van der Waals surface area contributed by atoms with Crippen LogP contribution in [0.3, 0.4) is 0 Å². The van der Waals surface area contributed by atoms with Crippen molar-refractivity contribution in [1.82, 2.24) is 30.4 Å². The Morgan fingerprint density at radius 2 is 1.64 bits per heavy atom. The first-order valence-corrected chi connectivity index (χ1v) is 20.7. The van der Waals surface area contributed by atoms with E-state index in [-0.39, 0.29) is 70.4 Å². The van der Waals surface area contributed by atoms with Crippen LogP contribution in [0.1, 0.15) is 85.2 Å². The number of ether oxygens (including phenoxy) is 1. The van der Waals surface area contributed by atoms with Crippen molar-refractivity contribution in [2.45, 2.75) is 76.3 Å². The Morgan fingerprint density at radius 1 is 0.862 bits per heavy atom. The summed E-state index contributed by atoms with van der Waals surface area (Å²) in [5.74, 6) is -2.04. The van der Waals surface area contributed by atoms with Crippen LogP contribution in [0, 0.1) is 17.5 Å². The van der Waals surface area contributed by atoms with Gasteiger partial charge < -0.3 is 24.8 Å². The van der Waals surface area contributed by atoms with Gasteiger partial charge in [0.05, 0.1) is 17.2 Å². The average Bonchev–Trinajstić information content (AvgIpc) is 3.53. The number of rotatable bonds is 13. The fourth-order valence-electron chi connectivity index (χ4n) is 8.88. The number of imide groups is 1. The van der Waals surface area contributed by atoms with Crippen molar-refractivity contribution in [3.63, 3.8) is 0 Å². The van der Waals surface area contributed by atoms with Gasteiger partial charge in [0, 0.05) is 55.7 Å². The van der Waals surface area contributed by atoms with Crippen LogP contribution in [0.4, 0.5) is 19.0 Å². The Balaban J connectivity index is 0.786. The first-order chi connectivity index (χ1) is 28.2. The molecule has 0 aliphatic carbocycles. The number of piperidine rings is 2. The van der Waals surface area contributed by atoms with Crippen molar-refractivity contribution in [2.24, 2.45) is 0 Å². The molecule has 4 aliphatic rings. The molecule has 3 aromatic carbocycles. The highest BCUT2D eigenvalue weighted by Gasteiger charge is 2.40. The number of carbonyl (C=O) groups excluding carboxylic acids is 3. The van der Waals surface area contributed by atoms with E-state index in [0.717, 1.165) is 83.2 Å². The van der Waals surface area contributed by atoms with Crippen molar-refractivity contribution in [3.05, 3.63) is 81.9 Å². The van der Waals surface area contributed by atoms with Crippen molar-refractivity contribution in [1.29, 1.82) is 0 Å². The van der Waals surface area contributed by atoms with Gasteiger partial charge in [0.2, 0.25) is 11.8 Å². The molecule has 3 amide bonds. The monoisotopic (exact) mass is 817 g/mol. The minimum absolute atomic E-state index is 0.0246. The Labute approximate surface area is 340 Å². The summed E-state index contributed by atoms with van der Waals surface area (Å²) in [6, 6.07) is 8.46. The lowest BCUT2D eigenvalue weighted by atomic mass is 9.87. The zero-order chi connectivity index (χ0) is 40.3. The highest BCUT2D eigenvalue weighted by atomic mass is 35.5. The summed E-state index contributed by atoms with van der Waals surface area (Å²) in [5.41, 5.74) is 1.63. The van der Waals surface area contributed by atoms with Crippen molar-refractivity contribution < 1.29 is 32.3 Å². The highest BCUT2D eigenvalue weighted by molar-refractivity contribution is 6.34. The number of hydrogen-bond donors (Lipinski definition) is 2. The molecule has 0 bridgehead atoms. The van der Waals surface area contributed by atoms with E-state index in [1.807, 2.05) is 6.07 Å². The zero-order valence-corrected chi connectivity index (χ0v) is 33.1. The van der Waals surface area contributed by atoms with Gasteiger partial charge in [0.1, 0.15) is 41.1 Å². The van der Waals surface area contributed by atoms with E-state index in [1.165, 1.54) is 29.4 Å². The summed E-state index contributed by atoms with van der Waals surface area (Å²) < 4.78 is 53.0. The van der Waals surface area contributed by atoms with Gasteiger partial charge in [0.25, 0.3) is 5.91 Å². The molecule has 4 aliphatic heterocycles. The number of amides is 3. The molecule has 3 fully saturated rings. The van der Waals surface area contributed by atoms with E-state index in [0.29, 0.717) is 42.0 Å². The fourth-order valence-corrected chi connectivity index (χ4v) is 9.17. The number of fused-ring (bicyclic) bond motifs is 2. The molecule has 8 rings (SSSR count). The summed E-state index contributed by atoms with van der Waals surface area (Å²) in [6.45, 7) is 6.23. The van der Waals surface area contributed by atoms with Crippen molar-refractivity contribution in [3.8, 4) is 16.9 Å². The quantitative estimate of drug-likeness (QED) is 0.112. The zero-order valence-electron chi connectivity index (χ0n) is 32.3. The lowest BCUT2D eigenvalue weighted by Crippen LogP contribution is -2.52. The maximum atomic E-state index is 16.2. The van der Waals surface area contributed by atoms with Crippen LogP contribution in [0.15, 0.2) is 42.7 Å². The van der Waals surface area contributed by atoms with Crippen LogP contribution in [-0.4, -0.2) is 96.0 Å². The number of hydrogen-bond acceptors (Lipinski definition) is 9. The van der Waals surface area contributed by atoms with Gasteiger partial charge in [-0.25, -0.2) is 23.1 Å². The number of nitrogens with one attached hydrogen (secondary N) is 2. The van der Waals surface area contributed by atoms with E-state index >= 15 is 13.2 Å². The van der Waals surface area contributed by atoms with Crippen LogP contribution in [0.25, 0.3) is 22.0 Å². The number of nitrogens with zero attached hydrogens (tertiary/aromatic N) is 5. The number of carbonyl (C=O) groups is 3. The lowest BCUT2D eigenvalue weighted by Gasteiger charge is -2.32. The van der Waals surface area contributed by atoms with Crippen molar-refractivity contribution in [2.75, 3.05) is 57.3 Å². The largest absolute Gasteiger partial charge is 0.493 e. The molecule has 0 saturated carbocycles. The Bertz CT molecular complexity index is 2210. The minimum atomic E-state index is -0.725. The average molecular weight is 818 g/mol. The lowest BCUT2D eigenvalue weighted by molar-refractivity contribution is -0.136. The predicted molar refractivity (Wildman–Crippen MR) is 214 cm³/mol. The molecule has 0 radical (unpaired) electrons. The number of piperazine rings is 1. The van der Waals surface area contributed by atoms with E-state index < -0.39 is 23.6 Å². The molecule has 1 atom stereocenters. The van der Waals surface area contributed by atoms with E-state index in [1.54, 1.807) is 12.1 Å². The second kappa shape index (κ2) is 17.6. The molecule has 3 saturated heterocycles. The molecular weight excluding hydrogens is 771 g/mol. The standard InChI is InChI=1S/C43H47ClF3N7O4/c44-31-22-30-40(49-25-50-41(30)53-18-13-48-14-19-53)39(47)37(31)38-32(45)7-6-8-35(38)58-20-5-3-1-2-4-15-52-16-11-26(12-17-52)28-21-27-24-54(43(57)29(27)23-33(28)46)34-9-10-36(55)51-42(34)56/h6-8,21-23,25-26,34,48H,1-5,9-20,24H2,(H,51,55,56). The van der Waals surface area contributed by atoms with Gasteiger partial charge in [-0.3, -0.25) is 19.7 Å². The third-order valence-corrected chi connectivity index (χ3v) is 12.3. The van der Waals surface area contributed by atoms with E-state index in [4.69, 9.17) is 16.3 Å². The smallest absolute Gasteiger partial charge is 0.255 e. The maximum absolute atomic E-state index is 16.2. The third kappa shape index (κ3) is 8.23. The first-order valence-electron chi connectivity index (χ1n) is 20.4. The van der Waals surface area contributed by atoms with Gasteiger partial charge in [-0.05, 0) is 93.0 Å². The van der Waals surface area contributed by atoms with Gasteiger partial charge in [-0.15, -0.1) is 0 Å². The summed E-state index contributed by atoms with van der Waals surface area (Å²) >= 11 is 6.69. The van der Waals surface area contributed by atoms with Gasteiger partial charge >= 0.3 is 0 Å². The normalized spacial score (nSPS) is 19.2. The number of unbranched alkanes of at least 4 members (excludes halogenated alkanes) is 4. The fraction of sp³-hybridized carbons (Fsp3) is 0.465. The molecule has 1 aromatic heterocycles. The summed E-state index contributed by atoms with van der Waals surface area (Å²) in [6.07, 6.45) is 8.16. The SMILES string of the molecule is O=C1CCC(N2Cc3cc(C4CCN(CCCCCCCOc5cccc(F)c5-c5c(Cl)cc6c(N7CCNCC7)ncnc6c5F)CC4)c(F)cc3C2=O)C(=O)N1. The maximum Gasteiger partial charge on any atom is 0.255 e. The van der Waals surface area contributed by atoms with Crippen LogP contribution < -0.4 is 20.3 Å². The molecule has 1 unspecified atom stereocenters. The van der Waals surface area contributed by atoms with Crippen LogP contribution in [0.2, 0.25) is 5.02 Å². The Hall–Kier alpha value is -4.79. The number of likely N-dealkylation sites (tertiary alicyclic amines) is 1. The molecular formula is C43H47ClF3N7O4. The van der Waals surface area contributed by atoms with Crippen LogP contribution in [-0.2, 0) is 16.1 Å². The molecule has 0 spiro atoms. The van der Waals surface area contributed by atoms with Crippen LogP contribution >= 0.6 is 11.6 Å². The Kier molecular flexibility index (Phi) is 12.1. The second-order valence-electron chi connectivity index (χ2n) is 15.7. The molecule has 5 heterocycles.